The average Bonchev–Trinajstić information content (AvgIpc) is 2.32. The van der Waals surface area contributed by atoms with Crippen molar-refractivity contribution in [3.8, 4) is 0 Å². The first-order valence-corrected chi connectivity index (χ1v) is 4.68. The topological polar surface area (TPSA) is 46.9 Å². The van der Waals surface area contributed by atoms with Crippen molar-refractivity contribution < 1.29 is 4.79 Å². The Morgan fingerprint density at radius 2 is 2.21 bits per heavy atom. The summed E-state index contributed by atoms with van der Waals surface area (Å²) in [6.07, 6.45) is 1.69. The van der Waals surface area contributed by atoms with Crippen molar-refractivity contribution in [2.24, 2.45) is 0 Å². The van der Waals surface area contributed by atoms with Gasteiger partial charge in [0, 0.05) is 17.4 Å². The fourth-order valence-electron chi connectivity index (χ4n) is 1.16. The summed E-state index contributed by atoms with van der Waals surface area (Å²) in [7, 11) is 0. The van der Waals surface area contributed by atoms with Gasteiger partial charge in [-0.2, -0.15) is 5.10 Å². The Kier molecular flexibility index (Phi) is 2.93. The van der Waals surface area contributed by atoms with Gasteiger partial charge < -0.3 is 5.32 Å². The van der Waals surface area contributed by atoms with Crippen LogP contribution in [-0.4, -0.2) is 21.2 Å². The lowest BCUT2D eigenvalue weighted by atomic mass is 10.1. The monoisotopic (exact) mass is 195 g/mol. The second kappa shape index (κ2) is 3.82. The summed E-state index contributed by atoms with van der Waals surface area (Å²) in [5, 5.41) is 6.93. The number of aromatic nitrogens is 2. The normalized spacial score (nSPS) is 11.4. The molecule has 0 aromatic carbocycles. The van der Waals surface area contributed by atoms with E-state index in [2.05, 4.69) is 10.4 Å². The minimum atomic E-state index is -0.182. The van der Waals surface area contributed by atoms with Crippen LogP contribution in [0.1, 0.15) is 26.5 Å². The summed E-state index contributed by atoms with van der Waals surface area (Å²) >= 11 is 0. The van der Waals surface area contributed by atoms with Gasteiger partial charge in [0.05, 0.1) is 0 Å². The molecule has 0 unspecified atom stereocenters. The number of rotatable bonds is 2. The van der Waals surface area contributed by atoms with Crippen LogP contribution >= 0.6 is 0 Å². The Morgan fingerprint density at radius 3 is 2.64 bits per heavy atom. The predicted molar refractivity (Wildman–Crippen MR) is 54.9 cm³/mol. The van der Waals surface area contributed by atoms with Gasteiger partial charge in [-0.25, -0.2) is 0 Å². The number of aryl methyl sites for hydroxylation is 1. The van der Waals surface area contributed by atoms with Crippen molar-refractivity contribution in [3.63, 3.8) is 0 Å². The van der Waals surface area contributed by atoms with Crippen molar-refractivity contribution >= 4 is 5.91 Å². The molecule has 0 saturated carbocycles. The highest BCUT2D eigenvalue weighted by molar-refractivity contribution is 5.76. The summed E-state index contributed by atoms with van der Waals surface area (Å²) in [5.74, 6) is -0.00991. The second-order valence-electron chi connectivity index (χ2n) is 4.43. The Hall–Kier alpha value is -1.32. The maximum absolute atomic E-state index is 11.5. The van der Waals surface area contributed by atoms with E-state index in [4.69, 9.17) is 0 Å². The van der Waals surface area contributed by atoms with Gasteiger partial charge in [-0.3, -0.25) is 9.48 Å². The van der Waals surface area contributed by atoms with Crippen molar-refractivity contribution in [1.29, 1.82) is 0 Å². The third-order valence-corrected chi connectivity index (χ3v) is 1.74. The standard InChI is InChI=1S/C10H17N3O/c1-8-5-6-11-13(8)7-9(14)12-10(2,3)4/h5-6H,7H2,1-4H3,(H,12,14). The van der Waals surface area contributed by atoms with E-state index >= 15 is 0 Å². The molecule has 1 amide bonds. The quantitative estimate of drug-likeness (QED) is 0.768. The van der Waals surface area contributed by atoms with E-state index in [1.165, 1.54) is 0 Å². The zero-order chi connectivity index (χ0) is 10.8. The van der Waals surface area contributed by atoms with Gasteiger partial charge in [0.2, 0.25) is 5.91 Å². The number of hydrogen-bond donors (Lipinski definition) is 1. The lowest BCUT2D eigenvalue weighted by molar-refractivity contribution is -0.123. The molecule has 0 aliphatic heterocycles. The SMILES string of the molecule is Cc1ccnn1CC(=O)NC(C)(C)C. The molecule has 0 bridgehead atoms. The molecule has 0 fully saturated rings. The molecule has 0 atom stereocenters. The molecule has 4 nitrogen and oxygen atoms in total. The molecular formula is C10H17N3O. The highest BCUT2D eigenvalue weighted by atomic mass is 16.2. The van der Waals surface area contributed by atoms with E-state index in [0.29, 0.717) is 0 Å². The molecule has 0 aliphatic carbocycles. The minimum Gasteiger partial charge on any atom is -0.350 e. The van der Waals surface area contributed by atoms with Gasteiger partial charge in [-0.15, -0.1) is 0 Å². The van der Waals surface area contributed by atoms with Crippen molar-refractivity contribution in [2.45, 2.75) is 39.8 Å². The van der Waals surface area contributed by atoms with Crippen molar-refractivity contribution in [3.05, 3.63) is 18.0 Å². The first-order chi connectivity index (χ1) is 6.38. The van der Waals surface area contributed by atoms with Crippen LogP contribution in [0.2, 0.25) is 0 Å². The molecule has 1 aromatic rings. The number of amides is 1. The molecule has 1 aromatic heterocycles. The van der Waals surface area contributed by atoms with Gasteiger partial charge in [0.15, 0.2) is 0 Å². The molecule has 0 saturated heterocycles. The maximum atomic E-state index is 11.5. The van der Waals surface area contributed by atoms with Crippen LogP contribution in [0.5, 0.6) is 0 Å². The van der Waals surface area contributed by atoms with E-state index in [1.807, 2.05) is 33.8 Å². The highest BCUT2D eigenvalue weighted by Gasteiger charge is 2.14. The summed E-state index contributed by atoms with van der Waals surface area (Å²) < 4.78 is 1.68. The zero-order valence-electron chi connectivity index (χ0n) is 9.16. The van der Waals surface area contributed by atoms with E-state index in [-0.39, 0.29) is 18.0 Å². The van der Waals surface area contributed by atoms with E-state index in [1.54, 1.807) is 10.9 Å². The molecule has 1 N–H and O–H groups in total. The van der Waals surface area contributed by atoms with Crippen LogP contribution in [0, 0.1) is 6.92 Å². The van der Waals surface area contributed by atoms with Gasteiger partial charge in [-0.1, -0.05) is 0 Å². The van der Waals surface area contributed by atoms with Crippen LogP contribution in [0.4, 0.5) is 0 Å². The van der Waals surface area contributed by atoms with Crippen LogP contribution < -0.4 is 5.32 Å². The first kappa shape index (κ1) is 10.8. The van der Waals surface area contributed by atoms with Gasteiger partial charge in [-0.05, 0) is 33.8 Å². The number of carbonyl (C=O) groups excluding carboxylic acids is 1. The van der Waals surface area contributed by atoms with Crippen molar-refractivity contribution in [2.75, 3.05) is 0 Å². The van der Waals surface area contributed by atoms with Crippen molar-refractivity contribution in [1.82, 2.24) is 15.1 Å². The van der Waals surface area contributed by atoms with Crippen LogP contribution in [0.15, 0.2) is 12.3 Å². The van der Waals surface area contributed by atoms with Crippen LogP contribution in [-0.2, 0) is 11.3 Å². The largest absolute Gasteiger partial charge is 0.350 e. The third kappa shape index (κ3) is 3.20. The maximum Gasteiger partial charge on any atom is 0.242 e. The minimum absolute atomic E-state index is 0.00991. The van der Waals surface area contributed by atoms with E-state index in [9.17, 15) is 4.79 Å². The predicted octanol–water partition coefficient (Wildman–Crippen LogP) is 1.11. The second-order valence-corrected chi connectivity index (χ2v) is 4.43. The van der Waals surface area contributed by atoms with E-state index < -0.39 is 0 Å². The summed E-state index contributed by atoms with van der Waals surface area (Å²) in [6.45, 7) is 8.09. The summed E-state index contributed by atoms with van der Waals surface area (Å²) in [4.78, 5) is 11.5. The fraction of sp³-hybridized carbons (Fsp3) is 0.600. The smallest absolute Gasteiger partial charge is 0.242 e. The zero-order valence-corrected chi connectivity index (χ0v) is 9.16. The number of nitrogens with zero attached hydrogens (tertiary/aromatic N) is 2. The Bertz CT molecular complexity index is 322. The molecule has 0 spiro atoms. The molecule has 0 radical (unpaired) electrons. The number of carbonyl (C=O) groups is 1. The van der Waals surface area contributed by atoms with Crippen LogP contribution in [0.25, 0.3) is 0 Å². The number of hydrogen-bond acceptors (Lipinski definition) is 2. The lowest BCUT2D eigenvalue weighted by Gasteiger charge is -2.20. The van der Waals surface area contributed by atoms with Gasteiger partial charge in [0.25, 0.3) is 0 Å². The molecule has 4 heteroatoms. The molecule has 14 heavy (non-hydrogen) atoms. The first-order valence-electron chi connectivity index (χ1n) is 4.68. The van der Waals surface area contributed by atoms with E-state index in [0.717, 1.165) is 5.69 Å². The van der Waals surface area contributed by atoms with Crippen LogP contribution in [0.3, 0.4) is 0 Å². The third-order valence-electron chi connectivity index (χ3n) is 1.74. The molecular weight excluding hydrogens is 178 g/mol. The molecule has 1 heterocycles. The number of nitrogens with one attached hydrogen (secondary N) is 1. The highest BCUT2D eigenvalue weighted by Crippen LogP contribution is 2.00. The fourth-order valence-corrected chi connectivity index (χ4v) is 1.16. The van der Waals surface area contributed by atoms with Gasteiger partial charge >= 0.3 is 0 Å². The Labute approximate surface area is 84.3 Å². The Morgan fingerprint density at radius 1 is 1.57 bits per heavy atom. The molecule has 78 valence electrons. The average molecular weight is 195 g/mol. The Balaban J connectivity index is 2.54. The molecule has 0 aliphatic rings. The summed E-state index contributed by atoms with van der Waals surface area (Å²) in [5.41, 5.74) is 0.812. The molecule has 1 rings (SSSR count). The van der Waals surface area contributed by atoms with Gasteiger partial charge in [0.1, 0.15) is 6.54 Å². The summed E-state index contributed by atoms with van der Waals surface area (Å²) in [6, 6.07) is 1.88. The lowest BCUT2D eigenvalue weighted by Crippen LogP contribution is -2.42.